The smallest absolute Gasteiger partial charge is 0.246 e. The van der Waals surface area contributed by atoms with Crippen LogP contribution in [-0.4, -0.2) is 40.7 Å². The number of benzene rings is 1. The number of thioether (sulfide) groups is 1. The van der Waals surface area contributed by atoms with E-state index in [1.54, 1.807) is 30.9 Å². The lowest BCUT2D eigenvalue weighted by Crippen LogP contribution is -2.43. The van der Waals surface area contributed by atoms with Crippen LogP contribution in [0.2, 0.25) is 5.02 Å². The van der Waals surface area contributed by atoms with Crippen LogP contribution in [0.15, 0.2) is 33.8 Å². The van der Waals surface area contributed by atoms with Gasteiger partial charge in [-0.3, -0.25) is 4.99 Å². The second kappa shape index (κ2) is 8.39. The number of rotatable bonds is 6. The summed E-state index contributed by atoms with van der Waals surface area (Å²) in [6.07, 6.45) is 2.09. The molecule has 2 N–H and O–H groups in total. The Hall–Kier alpha value is -1.73. The number of hydrogen-bond acceptors (Lipinski definition) is 5. The van der Waals surface area contributed by atoms with Gasteiger partial charge in [0.15, 0.2) is 5.96 Å². The van der Waals surface area contributed by atoms with Crippen molar-refractivity contribution in [1.29, 1.82) is 0 Å². The molecule has 1 aromatic heterocycles. The van der Waals surface area contributed by atoms with Crippen molar-refractivity contribution in [3.8, 4) is 11.4 Å². The van der Waals surface area contributed by atoms with Gasteiger partial charge in [-0.05, 0) is 32.2 Å². The molecule has 130 valence electrons. The first kappa shape index (κ1) is 18.6. The number of aromatic nitrogens is 2. The van der Waals surface area contributed by atoms with Crippen LogP contribution < -0.4 is 10.6 Å². The van der Waals surface area contributed by atoms with Gasteiger partial charge >= 0.3 is 0 Å². The maximum Gasteiger partial charge on any atom is 0.246 e. The van der Waals surface area contributed by atoms with Crippen LogP contribution >= 0.6 is 23.4 Å². The van der Waals surface area contributed by atoms with Crippen molar-refractivity contribution in [2.45, 2.75) is 25.1 Å². The number of aliphatic imine (C=N–C) groups is 1. The van der Waals surface area contributed by atoms with Crippen molar-refractivity contribution in [3.05, 3.63) is 35.2 Å². The molecule has 8 heteroatoms. The molecular formula is C16H22ClN5OS. The lowest BCUT2D eigenvalue weighted by Gasteiger charge is -2.23. The van der Waals surface area contributed by atoms with Crippen LogP contribution in [0.25, 0.3) is 11.4 Å². The Morgan fingerprint density at radius 2 is 2.17 bits per heavy atom. The molecule has 0 amide bonds. The Kier molecular flexibility index (Phi) is 6.51. The molecule has 1 heterocycles. The summed E-state index contributed by atoms with van der Waals surface area (Å²) in [7, 11) is 1.73. The zero-order chi connectivity index (χ0) is 17.6. The summed E-state index contributed by atoms with van der Waals surface area (Å²) in [6.45, 7) is 5.54. The van der Waals surface area contributed by atoms with Gasteiger partial charge < -0.3 is 15.2 Å². The molecule has 0 radical (unpaired) electrons. The summed E-state index contributed by atoms with van der Waals surface area (Å²) in [4.78, 5) is 8.56. The van der Waals surface area contributed by atoms with Crippen LogP contribution in [-0.2, 0) is 6.54 Å². The Bertz CT molecular complexity index is 701. The van der Waals surface area contributed by atoms with E-state index in [0.717, 1.165) is 12.1 Å². The molecule has 0 unspecified atom stereocenters. The zero-order valence-electron chi connectivity index (χ0n) is 14.3. The van der Waals surface area contributed by atoms with Crippen LogP contribution in [0.3, 0.4) is 0 Å². The molecule has 0 aliphatic carbocycles. The zero-order valence-corrected chi connectivity index (χ0v) is 15.8. The minimum atomic E-state index is 0.127. The average Bonchev–Trinajstić information content (AvgIpc) is 3.04. The third kappa shape index (κ3) is 5.42. The Balaban J connectivity index is 1.92. The SMILES string of the molecule is CN=C(NCc1nc(-c2cccc(Cl)c2)no1)NCC(C)(C)SC. The lowest BCUT2D eigenvalue weighted by atomic mass is 10.2. The molecule has 0 bridgehead atoms. The van der Waals surface area contributed by atoms with E-state index in [4.69, 9.17) is 16.1 Å². The van der Waals surface area contributed by atoms with Crippen molar-refractivity contribution in [1.82, 2.24) is 20.8 Å². The lowest BCUT2D eigenvalue weighted by molar-refractivity contribution is 0.375. The van der Waals surface area contributed by atoms with Gasteiger partial charge in [0.2, 0.25) is 11.7 Å². The molecule has 0 saturated heterocycles. The number of halogens is 1. The van der Waals surface area contributed by atoms with E-state index in [9.17, 15) is 0 Å². The molecule has 1 aromatic carbocycles. The summed E-state index contributed by atoms with van der Waals surface area (Å²) >= 11 is 7.78. The van der Waals surface area contributed by atoms with Gasteiger partial charge in [0.25, 0.3) is 0 Å². The van der Waals surface area contributed by atoms with E-state index in [-0.39, 0.29) is 4.75 Å². The van der Waals surface area contributed by atoms with Crippen LogP contribution in [0.4, 0.5) is 0 Å². The van der Waals surface area contributed by atoms with Gasteiger partial charge in [0.1, 0.15) is 0 Å². The van der Waals surface area contributed by atoms with E-state index in [1.807, 2.05) is 12.1 Å². The predicted molar refractivity (Wildman–Crippen MR) is 101 cm³/mol. The number of hydrogen-bond donors (Lipinski definition) is 2. The van der Waals surface area contributed by atoms with Gasteiger partial charge in [-0.2, -0.15) is 16.7 Å². The molecule has 0 fully saturated rings. The Morgan fingerprint density at radius 1 is 1.38 bits per heavy atom. The highest BCUT2D eigenvalue weighted by Gasteiger charge is 2.16. The molecule has 2 rings (SSSR count). The highest BCUT2D eigenvalue weighted by Crippen LogP contribution is 2.20. The summed E-state index contributed by atoms with van der Waals surface area (Å²) in [5, 5.41) is 11.1. The van der Waals surface area contributed by atoms with E-state index < -0.39 is 0 Å². The van der Waals surface area contributed by atoms with E-state index in [2.05, 4.69) is 45.9 Å². The molecule has 0 spiro atoms. The topological polar surface area (TPSA) is 75.3 Å². The predicted octanol–water partition coefficient (Wildman–Crippen LogP) is 3.20. The highest BCUT2D eigenvalue weighted by molar-refractivity contribution is 7.99. The first-order chi connectivity index (χ1) is 11.4. The van der Waals surface area contributed by atoms with Gasteiger partial charge in [-0.25, -0.2) is 0 Å². The van der Waals surface area contributed by atoms with Crippen molar-refractivity contribution in [3.63, 3.8) is 0 Å². The summed E-state index contributed by atoms with van der Waals surface area (Å²) < 4.78 is 5.39. The van der Waals surface area contributed by atoms with Crippen LogP contribution in [0.1, 0.15) is 19.7 Å². The molecule has 0 aliphatic heterocycles. The molecule has 0 aliphatic rings. The third-order valence-electron chi connectivity index (χ3n) is 3.42. The monoisotopic (exact) mass is 367 g/mol. The normalized spacial score (nSPS) is 12.3. The summed E-state index contributed by atoms with van der Waals surface area (Å²) in [6, 6.07) is 7.35. The quantitative estimate of drug-likeness (QED) is 0.603. The minimum Gasteiger partial charge on any atom is -0.355 e. The second-order valence-corrected chi connectivity index (χ2v) is 7.72. The molecule has 2 aromatic rings. The van der Waals surface area contributed by atoms with E-state index in [1.165, 1.54) is 0 Å². The number of guanidine groups is 1. The molecule has 24 heavy (non-hydrogen) atoms. The van der Waals surface area contributed by atoms with Crippen LogP contribution in [0.5, 0.6) is 0 Å². The Labute approximate surface area is 151 Å². The van der Waals surface area contributed by atoms with Gasteiger partial charge in [0, 0.05) is 28.9 Å². The maximum absolute atomic E-state index is 5.98. The van der Waals surface area contributed by atoms with Gasteiger partial charge in [-0.15, -0.1) is 0 Å². The second-order valence-electron chi connectivity index (χ2n) is 5.77. The number of nitrogens with one attached hydrogen (secondary N) is 2. The van der Waals surface area contributed by atoms with E-state index in [0.29, 0.717) is 29.2 Å². The fourth-order valence-electron chi connectivity index (χ4n) is 1.82. The fourth-order valence-corrected chi connectivity index (χ4v) is 2.23. The highest BCUT2D eigenvalue weighted by atomic mass is 35.5. The summed E-state index contributed by atoms with van der Waals surface area (Å²) in [5.41, 5.74) is 0.821. The third-order valence-corrected chi connectivity index (χ3v) is 4.90. The average molecular weight is 368 g/mol. The minimum absolute atomic E-state index is 0.127. The van der Waals surface area contributed by atoms with Gasteiger partial charge in [0.05, 0.1) is 6.54 Å². The van der Waals surface area contributed by atoms with Crippen molar-refractivity contribution in [2.24, 2.45) is 4.99 Å². The largest absolute Gasteiger partial charge is 0.355 e. The van der Waals surface area contributed by atoms with Crippen molar-refractivity contribution in [2.75, 3.05) is 19.8 Å². The standard InChI is InChI=1S/C16H22ClN5OS/c1-16(2,24-4)10-20-15(18-3)19-9-13-21-14(22-23-13)11-6-5-7-12(17)8-11/h5-8H,9-10H2,1-4H3,(H2,18,19,20). The van der Waals surface area contributed by atoms with Crippen LogP contribution in [0, 0.1) is 0 Å². The van der Waals surface area contributed by atoms with Crippen molar-refractivity contribution >= 4 is 29.3 Å². The van der Waals surface area contributed by atoms with Gasteiger partial charge in [-0.1, -0.05) is 28.9 Å². The molecule has 6 nitrogen and oxygen atoms in total. The first-order valence-corrected chi connectivity index (χ1v) is 9.12. The fraction of sp³-hybridized carbons (Fsp3) is 0.438. The Morgan fingerprint density at radius 3 is 2.83 bits per heavy atom. The maximum atomic E-state index is 5.98. The first-order valence-electron chi connectivity index (χ1n) is 7.52. The number of nitrogens with zero attached hydrogens (tertiary/aromatic N) is 3. The summed E-state index contributed by atoms with van der Waals surface area (Å²) in [5.74, 6) is 1.69. The molecular weight excluding hydrogens is 346 g/mol. The van der Waals surface area contributed by atoms with E-state index >= 15 is 0 Å². The molecule has 0 saturated carbocycles. The molecule has 0 atom stereocenters. The van der Waals surface area contributed by atoms with Crippen molar-refractivity contribution < 1.29 is 4.52 Å².